The Kier molecular flexibility index (Phi) is 4.20. The fourth-order valence-electron chi connectivity index (χ4n) is 2.36. The van der Waals surface area contributed by atoms with Gasteiger partial charge < -0.3 is 4.90 Å². The van der Waals surface area contributed by atoms with E-state index in [-0.39, 0.29) is 5.56 Å². The lowest BCUT2D eigenvalue weighted by atomic mass is 10.1. The summed E-state index contributed by atoms with van der Waals surface area (Å²) >= 11 is 5.60. The lowest BCUT2D eigenvalue weighted by Gasteiger charge is -2.18. The number of Topliss-reactive ketones (excluding diaryl/α,β-unsaturated/α-hetero) is 1. The van der Waals surface area contributed by atoms with Crippen LogP contribution in [0.4, 0.5) is 10.1 Å². The lowest BCUT2D eigenvalue weighted by molar-refractivity contribution is -0.114. The minimum Gasteiger partial charge on any atom is -0.304 e. The van der Waals surface area contributed by atoms with Gasteiger partial charge in [0, 0.05) is 12.4 Å². The first-order valence-corrected chi connectivity index (χ1v) is 6.82. The molecule has 3 nitrogen and oxygen atoms in total. The number of fused-ring (bicyclic) bond motifs is 1. The highest BCUT2D eigenvalue weighted by Gasteiger charge is 2.36. The highest BCUT2D eigenvalue weighted by Crippen LogP contribution is 2.33. The number of anilines is 1. The number of nitrogens with zero attached hydrogens (tertiary/aromatic N) is 1. The van der Waals surface area contributed by atoms with Gasteiger partial charge in [-0.15, -0.1) is 11.6 Å². The molecule has 0 unspecified atom stereocenters. The maximum atomic E-state index is 13.3. The van der Waals surface area contributed by atoms with Gasteiger partial charge in [0.25, 0.3) is 11.7 Å². The van der Waals surface area contributed by atoms with Crippen LogP contribution in [0, 0.1) is 12.7 Å². The molecule has 102 valence electrons. The molecule has 0 saturated heterocycles. The summed E-state index contributed by atoms with van der Waals surface area (Å²) < 4.78 is 13.3. The molecule has 0 atom stereocenters. The first kappa shape index (κ1) is 14.0. The molecule has 0 N–H and O–H groups in total. The SMILES string of the molecule is Cc1cc(F)cc2c1N(CCCCCCl)C(=O)C2=O. The number of hydrogen-bond donors (Lipinski definition) is 0. The molecule has 1 aromatic rings. The zero-order chi connectivity index (χ0) is 14.0. The summed E-state index contributed by atoms with van der Waals surface area (Å²) in [7, 11) is 0. The zero-order valence-corrected chi connectivity index (χ0v) is 11.5. The second-order valence-electron chi connectivity index (χ2n) is 4.65. The van der Waals surface area contributed by atoms with Crippen LogP contribution < -0.4 is 4.90 Å². The van der Waals surface area contributed by atoms with E-state index in [1.54, 1.807) is 6.92 Å². The maximum Gasteiger partial charge on any atom is 0.299 e. The summed E-state index contributed by atoms with van der Waals surface area (Å²) in [5, 5.41) is 0. The van der Waals surface area contributed by atoms with Crippen LogP contribution in [0.5, 0.6) is 0 Å². The summed E-state index contributed by atoms with van der Waals surface area (Å²) in [6.07, 6.45) is 2.56. The van der Waals surface area contributed by atoms with Gasteiger partial charge in [0.2, 0.25) is 0 Å². The van der Waals surface area contributed by atoms with Crippen LogP contribution in [-0.4, -0.2) is 24.1 Å². The van der Waals surface area contributed by atoms with Gasteiger partial charge in [-0.1, -0.05) is 6.42 Å². The van der Waals surface area contributed by atoms with E-state index in [0.29, 0.717) is 23.7 Å². The minimum absolute atomic E-state index is 0.180. The molecule has 1 amide bonds. The van der Waals surface area contributed by atoms with Crippen molar-refractivity contribution in [3.8, 4) is 0 Å². The van der Waals surface area contributed by atoms with E-state index in [1.807, 2.05) is 0 Å². The van der Waals surface area contributed by atoms with Crippen molar-refractivity contribution in [3.05, 3.63) is 29.1 Å². The molecule has 5 heteroatoms. The smallest absolute Gasteiger partial charge is 0.299 e. The standard InChI is InChI=1S/C14H15ClFNO2/c1-9-7-10(16)8-11-12(9)17(14(19)13(11)18)6-4-2-3-5-15/h7-8H,2-6H2,1H3. The van der Waals surface area contributed by atoms with Gasteiger partial charge in [-0.3, -0.25) is 9.59 Å². The van der Waals surface area contributed by atoms with E-state index in [2.05, 4.69) is 0 Å². The van der Waals surface area contributed by atoms with Crippen molar-refractivity contribution in [1.82, 2.24) is 0 Å². The number of alkyl halides is 1. The van der Waals surface area contributed by atoms with E-state index < -0.39 is 17.5 Å². The molecular formula is C14H15ClFNO2. The summed E-state index contributed by atoms with van der Waals surface area (Å²) in [5.74, 6) is -1.07. The number of ketones is 1. The van der Waals surface area contributed by atoms with Crippen molar-refractivity contribution in [1.29, 1.82) is 0 Å². The predicted octanol–water partition coefficient (Wildman–Crippen LogP) is 3.07. The molecule has 2 rings (SSSR count). The second-order valence-corrected chi connectivity index (χ2v) is 5.03. The van der Waals surface area contributed by atoms with Gasteiger partial charge in [-0.2, -0.15) is 0 Å². The molecule has 0 bridgehead atoms. The Balaban J connectivity index is 2.23. The van der Waals surface area contributed by atoms with E-state index in [0.717, 1.165) is 25.3 Å². The molecule has 1 aromatic carbocycles. The molecule has 0 aromatic heterocycles. The van der Waals surface area contributed by atoms with Crippen molar-refractivity contribution in [3.63, 3.8) is 0 Å². The summed E-state index contributed by atoms with van der Waals surface area (Å²) in [4.78, 5) is 25.2. The van der Waals surface area contributed by atoms with Gasteiger partial charge in [0.05, 0.1) is 11.3 Å². The fourth-order valence-corrected chi connectivity index (χ4v) is 2.55. The van der Waals surface area contributed by atoms with Crippen molar-refractivity contribution >= 4 is 29.0 Å². The van der Waals surface area contributed by atoms with E-state index in [4.69, 9.17) is 11.6 Å². The van der Waals surface area contributed by atoms with Gasteiger partial charge in [0.15, 0.2) is 0 Å². The Bertz CT molecular complexity index is 530. The Morgan fingerprint density at radius 1 is 1.21 bits per heavy atom. The molecule has 0 aliphatic carbocycles. The van der Waals surface area contributed by atoms with Crippen LogP contribution in [0.3, 0.4) is 0 Å². The minimum atomic E-state index is -0.616. The third-order valence-electron chi connectivity index (χ3n) is 3.23. The van der Waals surface area contributed by atoms with Gasteiger partial charge in [-0.25, -0.2) is 4.39 Å². The van der Waals surface area contributed by atoms with Gasteiger partial charge >= 0.3 is 0 Å². The molecule has 0 saturated carbocycles. The predicted molar refractivity (Wildman–Crippen MR) is 72.4 cm³/mol. The van der Waals surface area contributed by atoms with Crippen LogP contribution in [0.1, 0.15) is 35.2 Å². The topological polar surface area (TPSA) is 37.4 Å². The lowest BCUT2D eigenvalue weighted by Crippen LogP contribution is -2.31. The maximum absolute atomic E-state index is 13.3. The fraction of sp³-hybridized carbons (Fsp3) is 0.429. The largest absolute Gasteiger partial charge is 0.304 e. The highest BCUT2D eigenvalue weighted by molar-refractivity contribution is 6.52. The molecule has 0 spiro atoms. The number of aryl methyl sites for hydroxylation is 1. The van der Waals surface area contributed by atoms with Crippen molar-refractivity contribution < 1.29 is 14.0 Å². The molecule has 19 heavy (non-hydrogen) atoms. The number of hydrogen-bond acceptors (Lipinski definition) is 2. The zero-order valence-electron chi connectivity index (χ0n) is 10.7. The van der Waals surface area contributed by atoms with Crippen LogP contribution in [-0.2, 0) is 4.79 Å². The van der Waals surface area contributed by atoms with Crippen LogP contribution in [0.25, 0.3) is 0 Å². The van der Waals surface area contributed by atoms with E-state index in [1.165, 1.54) is 11.0 Å². The number of benzene rings is 1. The Hall–Kier alpha value is -1.42. The Morgan fingerprint density at radius 2 is 1.95 bits per heavy atom. The summed E-state index contributed by atoms with van der Waals surface area (Å²) in [5.41, 5.74) is 1.36. The molecule has 1 aliphatic rings. The molecule has 0 fully saturated rings. The molecular weight excluding hydrogens is 269 g/mol. The third-order valence-corrected chi connectivity index (χ3v) is 3.50. The van der Waals surface area contributed by atoms with Gasteiger partial charge in [0.1, 0.15) is 5.82 Å². The Labute approximate surface area is 116 Å². The summed E-state index contributed by atoms with van der Waals surface area (Å²) in [6.45, 7) is 2.18. The normalized spacial score (nSPS) is 14.2. The number of amides is 1. The van der Waals surface area contributed by atoms with Crippen LogP contribution in [0.15, 0.2) is 12.1 Å². The summed E-state index contributed by atoms with van der Waals surface area (Å²) in [6, 6.07) is 2.48. The molecule has 1 aliphatic heterocycles. The average Bonchev–Trinajstić information content (AvgIpc) is 2.60. The number of unbranched alkanes of at least 4 members (excludes halogenated alkanes) is 2. The van der Waals surface area contributed by atoms with Crippen molar-refractivity contribution in [2.75, 3.05) is 17.3 Å². The number of carbonyl (C=O) groups excluding carboxylic acids is 2. The highest BCUT2D eigenvalue weighted by atomic mass is 35.5. The van der Waals surface area contributed by atoms with Crippen molar-refractivity contribution in [2.45, 2.75) is 26.2 Å². The monoisotopic (exact) mass is 283 g/mol. The van der Waals surface area contributed by atoms with Crippen LogP contribution in [0.2, 0.25) is 0 Å². The molecule has 1 heterocycles. The van der Waals surface area contributed by atoms with Crippen molar-refractivity contribution in [2.24, 2.45) is 0 Å². The third kappa shape index (κ3) is 2.63. The number of carbonyl (C=O) groups is 2. The van der Waals surface area contributed by atoms with E-state index in [9.17, 15) is 14.0 Å². The number of halogens is 2. The van der Waals surface area contributed by atoms with Gasteiger partial charge in [-0.05, 0) is 37.5 Å². The second kappa shape index (κ2) is 5.70. The number of rotatable bonds is 5. The Morgan fingerprint density at radius 3 is 2.63 bits per heavy atom. The first-order valence-electron chi connectivity index (χ1n) is 6.28. The quantitative estimate of drug-likeness (QED) is 0.473. The van der Waals surface area contributed by atoms with E-state index >= 15 is 0 Å². The average molecular weight is 284 g/mol. The van der Waals surface area contributed by atoms with Crippen LogP contribution >= 0.6 is 11.6 Å². The molecule has 0 radical (unpaired) electrons. The first-order chi connectivity index (χ1) is 9.06.